The number of likely N-dealkylation sites (N-methyl/N-ethyl adjacent to an activating group) is 1. The Labute approximate surface area is 116 Å². The van der Waals surface area contributed by atoms with Gasteiger partial charge in [0.25, 0.3) is 0 Å². The van der Waals surface area contributed by atoms with Crippen LogP contribution in [-0.4, -0.2) is 46.1 Å². The number of Topliss-reactive ketones (excluding diaryl/α,β-unsaturated/α-hetero) is 1. The molecule has 0 saturated heterocycles. The summed E-state index contributed by atoms with van der Waals surface area (Å²) < 4.78 is 2.14. The summed E-state index contributed by atoms with van der Waals surface area (Å²) >= 11 is 0. The zero-order valence-electron chi connectivity index (χ0n) is 12.9. The number of hydrogen-bond acceptors (Lipinski definition) is 3. The molecule has 4 heteroatoms. The van der Waals surface area contributed by atoms with Gasteiger partial charge in [0.2, 0.25) is 0 Å². The highest BCUT2D eigenvalue weighted by Gasteiger charge is 2.20. The van der Waals surface area contributed by atoms with Gasteiger partial charge in [0.05, 0.1) is 12.1 Å². The largest absolute Gasteiger partial charge is 0.389 e. The summed E-state index contributed by atoms with van der Waals surface area (Å²) in [6, 6.07) is 1.96. The van der Waals surface area contributed by atoms with Gasteiger partial charge in [0.1, 0.15) is 0 Å². The maximum Gasteiger partial charge on any atom is 0.178 e. The molecule has 0 fully saturated rings. The minimum absolute atomic E-state index is 0.111. The standard InChI is InChI=1S/C15H26N2O2/c1-7-17-11(2)8-13(12(17)3)14(18)9-16(6)10-15(4,5)19/h8,19H,7,9-10H2,1-6H3. The van der Waals surface area contributed by atoms with Crippen LogP contribution >= 0.6 is 0 Å². The van der Waals surface area contributed by atoms with Crippen LogP contribution in [-0.2, 0) is 6.54 Å². The van der Waals surface area contributed by atoms with Gasteiger partial charge in [-0.3, -0.25) is 9.69 Å². The maximum absolute atomic E-state index is 12.3. The number of rotatable bonds is 6. The van der Waals surface area contributed by atoms with Crippen LogP contribution in [0.4, 0.5) is 0 Å². The summed E-state index contributed by atoms with van der Waals surface area (Å²) in [5.74, 6) is 0.111. The average molecular weight is 266 g/mol. The number of carbonyl (C=O) groups is 1. The summed E-state index contributed by atoms with van der Waals surface area (Å²) in [6.45, 7) is 11.3. The summed E-state index contributed by atoms with van der Waals surface area (Å²) in [7, 11) is 1.86. The molecule has 0 aliphatic heterocycles. The number of hydrogen-bond donors (Lipinski definition) is 1. The van der Waals surface area contributed by atoms with Gasteiger partial charge in [-0.25, -0.2) is 0 Å². The van der Waals surface area contributed by atoms with E-state index in [1.165, 1.54) is 0 Å². The fraction of sp³-hybridized carbons (Fsp3) is 0.667. The Morgan fingerprint density at radius 1 is 1.42 bits per heavy atom. The Balaban J connectivity index is 2.79. The van der Waals surface area contributed by atoms with E-state index in [4.69, 9.17) is 0 Å². The first-order chi connectivity index (χ1) is 8.65. The molecular formula is C15H26N2O2. The van der Waals surface area contributed by atoms with E-state index >= 15 is 0 Å². The first-order valence-electron chi connectivity index (χ1n) is 6.76. The third kappa shape index (κ3) is 4.18. The van der Waals surface area contributed by atoms with Crippen molar-refractivity contribution in [3.05, 3.63) is 23.0 Å². The van der Waals surface area contributed by atoms with Crippen molar-refractivity contribution in [3.63, 3.8) is 0 Å². The minimum Gasteiger partial charge on any atom is -0.389 e. The van der Waals surface area contributed by atoms with Gasteiger partial charge in [-0.2, -0.15) is 0 Å². The molecule has 19 heavy (non-hydrogen) atoms. The van der Waals surface area contributed by atoms with Crippen LogP contribution < -0.4 is 0 Å². The van der Waals surface area contributed by atoms with E-state index in [0.29, 0.717) is 13.1 Å². The Bertz CT molecular complexity index is 455. The molecule has 1 aromatic rings. The maximum atomic E-state index is 12.3. The van der Waals surface area contributed by atoms with Crippen molar-refractivity contribution in [1.29, 1.82) is 0 Å². The SMILES string of the molecule is CCn1c(C)cc(C(=O)CN(C)CC(C)(C)O)c1C. The second kappa shape index (κ2) is 5.88. The quantitative estimate of drug-likeness (QED) is 0.801. The molecule has 0 aliphatic carbocycles. The predicted octanol–water partition coefficient (Wildman–Crippen LogP) is 2.01. The minimum atomic E-state index is -0.782. The molecule has 0 aliphatic rings. The lowest BCUT2D eigenvalue weighted by molar-refractivity contribution is 0.0439. The van der Waals surface area contributed by atoms with Crippen molar-refractivity contribution in [3.8, 4) is 0 Å². The van der Waals surface area contributed by atoms with Crippen molar-refractivity contribution in [2.24, 2.45) is 0 Å². The van der Waals surface area contributed by atoms with E-state index in [-0.39, 0.29) is 5.78 Å². The number of carbonyl (C=O) groups excluding carboxylic acids is 1. The molecule has 4 nitrogen and oxygen atoms in total. The summed E-state index contributed by atoms with van der Waals surface area (Å²) in [5, 5.41) is 9.76. The average Bonchev–Trinajstić information content (AvgIpc) is 2.50. The number of aryl methyl sites for hydroxylation is 1. The fourth-order valence-corrected chi connectivity index (χ4v) is 2.62. The van der Waals surface area contributed by atoms with E-state index < -0.39 is 5.60 Å². The molecule has 1 heterocycles. The Kier molecular flexibility index (Phi) is 4.93. The van der Waals surface area contributed by atoms with Crippen molar-refractivity contribution >= 4 is 5.78 Å². The highest BCUT2D eigenvalue weighted by molar-refractivity contribution is 5.99. The third-order valence-electron chi connectivity index (χ3n) is 3.26. The first kappa shape index (κ1) is 15.9. The highest BCUT2D eigenvalue weighted by atomic mass is 16.3. The van der Waals surface area contributed by atoms with Crippen LogP contribution in [0.15, 0.2) is 6.07 Å². The fourth-order valence-electron chi connectivity index (χ4n) is 2.62. The van der Waals surface area contributed by atoms with Crippen LogP contribution in [0.2, 0.25) is 0 Å². The molecule has 1 N–H and O–H groups in total. The van der Waals surface area contributed by atoms with Gasteiger partial charge in [-0.15, -0.1) is 0 Å². The van der Waals surface area contributed by atoms with Gasteiger partial charge in [0, 0.05) is 30.0 Å². The van der Waals surface area contributed by atoms with Crippen LogP contribution in [0.5, 0.6) is 0 Å². The van der Waals surface area contributed by atoms with Crippen molar-refractivity contribution in [1.82, 2.24) is 9.47 Å². The van der Waals surface area contributed by atoms with Gasteiger partial charge in [-0.1, -0.05) is 0 Å². The van der Waals surface area contributed by atoms with E-state index in [2.05, 4.69) is 11.5 Å². The molecule has 0 spiro atoms. The summed E-state index contributed by atoms with van der Waals surface area (Å²) in [4.78, 5) is 14.2. The lowest BCUT2D eigenvalue weighted by atomic mass is 10.1. The van der Waals surface area contributed by atoms with Gasteiger partial charge >= 0.3 is 0 Å². The molecule has 108 valence electrons. The van der Waals surface area contributed by atoms with Gasteiger partial charge in [-0.05, 0) is 47.7 Å². The second-order valence-electron chi connectivity index (χ2n) is 5.94. The van der Waals surface area contributed by atoms with E-state index in [9.17, 15) is 9.90 Å². The Morgan fingerprint density at radius 2 is 2.00 bits per heavy atom. The van der Waals surface area contributed by atoms with Crippen molar-refractivity contribution < 1.29 is 9.90 Å². The molecule has 1 rings (SSSR count). The predicted molar refractivity (Wildman–Crippen MR) is 77.7 cm³/mol. The van der Waals surface area contributed by atoms with Crippen LogP contribution in [0.1, 0.15) is 42.5 Å². The zero-order chi connectivity index (χ0) is 14.8. The van der Waals surface area contributed by atoms with E-state index in [1.807, 2.05) is 31.9 Å². The third-order valence-corrected chi connectivity index (χ3v) is 3.26. The Morgan fingerprint density at radius 3 is 2.42 bits per heavy atom. The molecule has 0 aromatic carbocycles. The molecular weight excluding hydrogens is 240 g/mol. The molecule has 0 radical (unpaired) electrons. The van der Waals surface area contributed by atoms with Crippen molar-refractivity contribution in [2.75, 3.05) is 20.1 Å². The summed E-state index contributed by atoms with van der Waals surface area (Å²) in [5.41, 5.74) is 2.16. The van der Waals surface area contributed by atoms with E-state index in [0.717, 1.165) is 23.5 Å². The lowest BCUT2D eigenvalue weighted by Crippen LogP contribution is -2.38. The van der Waals surface area contributed by atoms with Crippen LogP contribution in [0.25, 0.3) is 0 Å². The molecule has 0 amide bonds. The molecule has 1 aromatic heterocycles. The first-order valence-corrected chi connectivity index (χ1v) is 6.76. The lowest BCUT2D eigenvalue weighted by Gasteiger charge is -2.24. The smallest absolute Gasteiger partial charge is 0.178 e. The normalized spacial score (nSPS) is 12.2. The molecule has 0 bridgehead atoms. The molecule has 0 unspecified atom stereocenters. The zero-order valence-corrected chi connectivity index (χ0v) is 12.9. The topological polar surface area (TPSA) is 45.5 Å². The van der Waals surface area contributed by atoms with Crippen LogP contribution in [0, 0.1) is 13.8 Å². The Hall–Kier alpha value is -1.13. The molecule has 0 atom stereocenters. The summed E-state index contributed by atoms with van der Waals surface area (Å²) in [6.07, 6.45) is 0. The van der Waals surface area contributed by atoms with E-state index in [1.54, 1.807) is 13.8 Å². The highest BCUT2D eigenvalue weighted by Crippen LogP contribution is 2.16. The molecule has 0 saturated carbocycles. The van der Waals surface area contributed by atoms with Gasteiger partial charge in [0.15, 0.2) is 5.78 Å². The number of aromatic nitrogens is 1. The van der Waals surface area contributed by atoms with Crippen molar-refractivity contribution in [2.45, 2.75) is 46.8 Å². The van der Waals surface area contributed by atoms with Gasteiger partial charge < -0.3 is 9.67 Å². The number of aliphatic hydroxyl groups is 1. The number of nitrogens with zero attached hydrogens (tertiary/aromatic N) is 2. The monoisotopic (exact) mass is 266 g/mol. The number of ketones is 1. The van der Waals surface area contributed by atoms with Crippen LogP contribution in [0.3, 0.4) is 0 Å². The second-order valence-corrected chi connectivity index (χ2v) is 5.94.